The fourth-order valence-corrected chi connectivity index (χ4v) is 3.83. The normalized spacial score (nSPS) is 17.3. The van der Waals surface area contributed by atoms with E-state index in [-0.39, 0.29) is 23.2 Å². The zero-order chi connectivity index (χ0) is 19.7. The molecule has 1 aliphatic rings. The molecule has 1 aromatic heterocycles. The summed E-state index contributed by atoms with van der Waals surface area (Å²) in [4.78, 5) is 38.7. The molecule has 144 valence electrons. The lowest BCUT2D eigenvalue weighted by Gasteiger charge is -2.24. The molecule has 3 rings (SSSR count). The summed E-state index contributed by atoms with van der Waals surface area (Å²) in [5.74, 6) is -0.167. The van der Waals surface area contributed by atoms with Crippen molar-refractivity contribution in [2.75, 3.05) is 11.9 Å². The first-order valence-electron chi connectivity index (χ1n) is 8.53. The van der Waals surface area contributed by atoms with Crippen LogP contribution in [0, 0.1) is 0 Å². The highest BCUT2D eigenvalue weighted by Crippen LogP contribution is 2.25. The maximum atomic E-state index is 12.7. The van der Waals surface area contributed by atoms with Gasteiger partial charge in [0.05, 0.1) is 6.04 Å². The van der Waals surface area contributed by atoms with Gasteiger partial charge < -0.3 is 5.32 Å². The number of nitrogens with one attached hydrogen (secondary N) is 1. The molecule has 1 saturated heterocycles. The number of hydrogen-bond donors (Lipinski definition) is 1. The molecule has 0 saturated carbocycles. The smallest absolute Gasteiger partial charge is 0.325 e. The molecule has 27 heavy (non-hydrogen) atoms. The standard InChI is InChI=1S/C18H20Cl2N4O3/c1-22-14(9-16(25)23(2)18(22)27)10-24-5-3-4-15(24)17(26)21-13-7-11(19)6-12(20)8-13/h6-9,15H,3-5,10H2,1-2H3,(H,21,26). The average molecular weight is 411 g/mol. The van der Waals surface area contributed by atoms with Crippen LogP contribution in [0.1, 0.15) is 18.5 Å². The molecule has 0 aliphatic carbocycles. The topological polar surface area (TPSA) is 76.3 Å². The summed E-state index contributed by atoms with van der Waals surface area (Å²) in [7, 11) is 3.06. The zero-order valence-corrected chi connectivity index (χ0v) is 16.5. The minimum Gasteiger partial charge on any atom is -0.325 e. The van der Waals surface area contributed by atoms with E-state index in [0.717, 1.165) is 11.0 Å². The molecule has 1 aromatic carbocycles. The number of anilines is 1. The van der Waals surface area contributed by atoms with E-state index in [4.69, 9.17) is 23.2 Å². The minimum absolute atomic E-state index is 0.167. The Morgan fingerprint density at radius 1 is 1.11 bits per heavy atom. The summed E-state index contributed by atoms with van der Waals surface area (Å²) in [6.45, 7) is 1.05. The lowest BCUT2D eigenvalue weighted by atomic mass is 10.2. The second-order valence-corrected chi connectivity index (χ2v) is 7.52. The Morgan fingerprint density at radius 3 is 2.44 bits per heavy atom. The summed E-state index contributed by atoms with van der Waals surface area (Å²) < 4.78 is 2.49. The van der Waals surface area contributed by atoms with Gasteiger partial charge in [0.15, 0.2) is 0 Å². The number of nitrogens with zero attached hydrogens (tertiary/aromatic N) is 3. The Hall–Kier alpha value is -2.09. The van der Waals surface area contributed by atoms with Crippen LogP contribution in [-0.4, -0.2) is 32.5 Å². The highest BCUT2D eigenvalue weighted by atomic mass is 35.5. The predicted molar refractivity (Wildman–Crippen MR) is 105 cm³/mol. The van der Waals surface area contributed by atoms with Gasteiger partial charge in [0.25, 0.3) is 5.56 Å². The number of aromatic nitrogens is 2. The second kappa shape index (κ2) is 7.88. The van der Waals surface area contributed by atoms with Gasteiger partial charge in [0, 0.05) is 48.1 Å². The molecule has 1 atom stereocenters. The first-order valence-corrected chi connectivity index (χ1v) is 9.29. The molecule has 1 N–H and O–H groups in total. The molecule has 0 bridgehead atoms. The highest BCUT2D eigenvalue weighted by molar-refractivity contribution is 6.35. The summed E-state index contributed by atoms with van der Waals surface area (Å²) >= 11 is 12.0. The summed E-state index contributed by atoms with van der Waals surface area (Å²) in [5, 5.41) is 3.73. The quantitative estimate of drug-likeness (QED) is 0.835. The number of likely N-dealkylation sites (tertiary alicyclic amines) is 1. The van der Waals surface area contributed by atoms with Gasteiger partial charge in [-0.05, 0) is 37.6 Å². The van der Waals surface area contributed by atoms with Gasteiger partial charge in [0.2, 0.25) is 5.91 Å². The van der Waals surface area contributed by atoms with Crippen LogP contribution in [0.2, 0.25) is 10.0 Å². The van der Waals surface area contributed by atoms with Crippen molar-refractivity contribution in [1.82, 2.24) is 14.0 Å². The Balaban J connectivity index is 1.78. The molecule has 0 radical (unpaired) electrons. The molecule has 9 heteroatoms. The molecular formula is C18H20Cl2N4O3. The number of hydrogen-bond acceptors (Lipinski definition) is 4. The van der Waals surface area contributed by atoms with E-state index in [0.29, 0.717) is 40.9 Å². The van der Waals surface area contributed by atoms with Gasteiger partial charge >= 0.3 is 5.69 Å². The SMILES string of the molecule is Cn1c(CN2CCCC2C(=O)Nc2cc(Cl)cc(Cl)c2)cc(=O)n(C)c1=O. The van der Waals surface area contributed by atoms with Crippen LogP contribution in [-0.2, 0) is 25.4 Å². The van der Waals surface area contributed by atoms with Gasteiger partial charge in [-0.2, -0.15) is 0 Å². The van der Waals surface area contributed by atoms with Crippen LogP contribution in [0.4, 0.5) is 5.69 Å². The summed E-state index contributed by atoms with van der Waals surface area (Å²) in [6, 6.07) is 5.94. The van der Waals surface area contributed by atoms with Crippen molar-refractivity contribution in [3.05, 3.63) is 60.8 Å². The van der Waals surface area contributed by atoms with Crippen LogP contribution in [0.15, 0.2) is 33.9 Å². The summed E-state index contributed by atoms with van der Waals surface area (Å²) in [6.07, 6.45) is 1.55. The van der Waals surface area contributed by atoms with E-state index in [2.05, 4.69) is 5.32 Å². The zero-order valence-electron chi connectivity index (χ0n) is 15.0. The van der Waals surface area contributed by atoms with E-state index < -0.39 is 0 Å². The lowest BCUT2D eigenvalue weighted by molar-refractivity contribution is -0.120. The molecule has 2 aromatic rings. The molecule has 7 nitrogen and oxygen atoms in total. The molecule has 0 spiro atoms. The molecule has 1 fully saturated rings. The van der Waals surface area contributed by atoms with Gasteiger partial charge in [-0.1, -0.05) is 23.2 Å². The highest BCUT2D eigenvalue weighted by Gasteiger charge is 2.31. The van der Waals surface area contributed by atoms with Crippen molar-refractivity contribution in [2.24, 2.45) is 14.1 Å². The maximum absolute atomic E-state index is 12.7. The number of halogens is 2. The Bertz CT molecular complexity index is 979. The van der Waals surface area contributed by atoms with Gasteiger partial charge in [-0.3, -0.25) is 23.6 Å². The van der Waals surface area contributed by atoms with E-state index in [1.165, 1.54) is 17.7 Å². The van der Waals surface area contributed by atoms with Crippen molar-refractivity contribution in [3.8, 4) is 0 Å². The van der Waals surface area contributed by atoms with Crippen LogP contribution < -0.4 is 16.6 Å². The molecule has 2 heterocycles. The van der Waals surface area contributed by atoms with Crippen LogP contribution in [0.5, 0.6) is 0 Å². The lowest BCUT2D eigenvalue weighted by Crippen LogP contribution is -2.42. The number of benzene rings is 1. The maximum Gasteiger partial charge on any atom is 0.330 e. The van der Waals surface area contributed by atoms with Gasteiger partial charge in [-0.25, -0.2) is 4.79 Å². The fourth-order valence-electron chi connectivity index (χ4n) is 3.30. The number of amides is 1. The fraction of sp³-hybridized carbons (Fsp3) is 0.389. The number of carbonyl (C=O) groups is 1. The first-order chi connectivity index (χ1) is 12.8. The van der Waals surface area contributed by atoms with E-state index >= 15 is 0 Å². The third kappa shape index (κ3) is 4.26. The molecule has 1 amide bonds. The second-order valence-electron chi connectivity index (χ2n) is 6.65. The van der Waals surface area contributed by atoms with E-state index in [1.807, 2.05) is 4.90 Å². The monoisotopic (exact) mass is 410 g/mol. The largest absolute Gasteiger partial charge is 0.330 e. The summed E-state index contributed by atoms with van der Waals surface area (Å²) in [5.41, 5.74) is 0.368. The Labute approximate surface area is 166 Å². The molecule has 1 unspecified atom stereocenters. The number of carbonyl (C=O) groups excluding carboxylic acids is 1. The Morgan fingerprint density at radius 2 is 1.78 bits per heavy atom. The van der Waals surface area contributed by atoms with Gasteiger partial charge in [-0.15, -0.1) is 0 Å². The number of rotatable bonds is 4. The van der Waals surface area contributed by atoms with Crippen LogP contribution in [0.3, 0.4) is 0 Å². The van der Waals surface area contributed by atoms with Crippen molar-refractivity contribution in [3.63, 3.8) is 0 Å². The third-order valence-electron chi connectivity index (χ3n) is 4.79. The van der Waals surface area contributed by atoms with Crippen LogP contribution >= 0.6 is 23.2 Å². The third-order valence-corrected chi connectivity index (χ3v) is 5.22. The van der Waals surface area contributed by atoms with Crippen molar-refractivity contribution in [2.45, 2.75) is 25.4 Å². The van der Waals surface area contributed by atoms with E-state index in [1.54, 1.807) is 25.2 Å². The van der Waals surface area contributed by atoms with Gasteiger partial charge in [0.1, 0.15) is 0 Å². The molecular weight excluding hydrogens is 391 g/mol. The van der Waals surface area contributed by atoms with Crippen molar-refractivity contribution in [1.29, 1.82) is 0 Å². The Kier molecular flexibility index (Phi) is 5.74. The predicted octanol–water partition coefficient (Wildman–Crippen LogP) is 1.99. The van der Waals surface area contributed by atoms with Crippen LogP contribution in [0.25, 0.3) is 0 Å². The van der Waals surface area contributed by atoms with Crippen molar-refractivity contribution >= 4 is 34.8 Å². The molecule has 1 aliphatic heterocycles. The van der Waals surface area contributed by atoms with Crippen molar-refractivity contribution < 1.29 is 4.79 Å². The minimum atomic E-state index is -0.383. The first kappa shape index (κ1) is 19.7. The van der Waals surface area contributed by atoms with E-state index in [9.17, 15) is 14.4 Å². The average Bonchev–Trinajstić information content (AvgIpc) is 3.05.